The third kappa shape index (κ3) is 1.70. The van der Waals surface area contributed by atoms with E-state index < -0.39 is 23.5 Å². The summed E-state index contributed by atoms with van der Waals surface area (Å²) in [5.74, 6) is -0.640. The summed E-state index contributed by atoms with van der Waals surface area (Å²) in [7, 11) is 0. The van der Waals surface area contributed by atoms with E-state index in [1.807, 2.05) is 0 Å². The summed E-state index contributed by atoms with van der Waals surface area (Å²) in [4.78, 5) is 37.0. The minimum absolute atomic E-state index is 0.0849. The molecule has 2 aliphatic rings. The van der Waals surface area contributed by atoms with E-state index in [4.69, 9.17) is 5.11 Å². The summed E-state index contributed by atoms with van der Waals surface area (Å²) in [5.41, 5.74) is -0.461. The molecule has 1 aromatic carbocycles. The molecule has 7 nitrogen and oxygen atoms in total. The molecule has 0 aliphatic carbocycles. The Morgan fingerprint density at radius 1 is 1.14 bits per heavy atom. The number of carboxylic acid groups (broad SMARTS) is 2. The Balaban J connectivity index is 2.17. The van der Waals surface area contributed by atoms with E-state index in [1.54, 1.807) is 36.4 Å². The number of benzene rings is 1. The van der Waals surface area contributed by atoms with Gasteiger partial charge in [-0.05, 0) is 11.6 Å². The topological polar surface area (TPSA) is 98.2 Å². The van der Waals surface area contributed by atoms with Crippen molar-refractivity contribution in [1.29, 1.82) is 0 Å². The lowest BCUT2D eigenvalue weighted by Gasteiger charge is -2.33. The van der Waals surface area contributed by atoms with Crippen molar-refractivity contribution in [2.75, 3.05) is 18.0 Å². The molecule has 0 bridgehead atoms. The Hall–Kier alpha value is -2.83. The normalized spacial score (nSPS) is 23.5. The van der Waals surface area contributed by atoms with Gasteiger partial charge in [0.15, 0.2) is 0 Å². The van der Waals surface area contributed by atoms with E-state index in [-0.39, 0.29) is 18.8 Å². The minimum atomic E-state index is -1.37. The molecule has 0 aromatic heterocycles. The summed E-state index contributed by atoms with van der Waals surface area (Å²) < 4.78 is 0. The number of amides is 3. The van der Waals surface area contributed by atoms with Crippen LogP contribution in [0.2, 0.25) is 0 Å². The molecule has 1 unspecified atom stereocenters. The number of carbonyl (C=O) groups excluding carboxylic acids is 1. The van der Waals surface area contributed by atoms with Crippen LogP contribution < -0.4 is 4.90 Å². The molecule has 3 rings (SSSR count). The molecule has 2 aliphatic heterocycles. The van der Waals surface area contributed by atoms with Crippen LogP contribution >= 0.6 is 0 Å². The molecular formula is C14H12N2O5. The molecule has 0 saturated heterocycles. The molecule has 1 spiro atoms. The third-order valence-corrected chi connectivity index (χ3v) is 3.84. The van der Waals surface area contributed by atoms with Crippen molar-refractivity contribution in [3.63, 3.8) is 0 Å². The van der Waals surface area contributed by atoms with Gasteiger partial charge in [0.2, 0.25) is 0 Å². The van der Waals surface area contributed by atoms with Crippen LogP contribution in [0.4, 0.5) is 15.3 Å². The number of fused-ring (bicyclic) bond motifs is 2. The molecule has 0 fully saturated rings. The summed E-state index contributed by atoms with van der Waals surface area (Å²) >= 11 is 0. The molecule has 1 atom stereocenters. The molecule has 21 heavy (non-hydrogen) atoms. The van der Waals surface area contributed by atoms with Crippen LogP contribution in [0.25, 0.3) is 0 Å². The second-order valence-electron chi connectivity index (χ2n) is 4.98. The first-order valence-corrected chi connectivity index (χ1v) is 6.30. The van der Waals surface area contributed by atoms with Crippen molar-refractivity contribution in [1.82, 2.24) is 4.90 Å². The number of nitrogens with zero attached hydrogens (tertiary/aromatic N) is 2. The largest absolute Gasteiger partial charge is 0.465 e. The average Bonchev–Trinajstić information content (AvgIpc) is 2.69. The minimum Gasteiger partial charge on any atom is -0.465 e. The second kappa shape index (κ2) is 4.34. The second-order valence-corrected chi connectivity index (χ2v) is 4.98. The fourth-order valence-corrected chi connectivity index (χ4v) is 2.92. The highest BCUT2D eigenvalue weighted by atomic mass is 16.4. The van der Waals surface area contributed by atoms with E-state index in [0.717, 1.165) is 4.90 Å². The number of hydrogen-bond donors (Lipinski definition) is 2. The van der Waals surface area contributed by atoms with Crippen LogP contribution in [-0.4, -0.2) is 46.3 Å². The first kappa shape index (κ1) is 13.2. The lowest BCUT2D eigenvalue weighted by molar-refractivity contribution is -0.121. The van der Waals surface area contributed by atoms with Gasteiger partial charge in [-0.3, -0.25) is 4.79 Å². The van der Waals surface area contributed by atoms with Gasteiger partial charge in [-0.25, -0.2) is 14.5 Å². The molecule has 108 valence electrons. The first-order valence-electron chi connectivity index (χ1n) is 6.30. The number of imide groups is 1. The number of carbonyl (C=O) groups is 3. The van der Waals surface area contributed by atoms with Crippen LogP contribution in [0, 0.1) is 0 Å². The highest BCUT2D eigenvalue weighted by Crippen LogP contribution is 2.44. The van der Waals surface area contributed by atoms with Gasteiger partial charge in [-0.1, -0.05) is 30.4 Å². The Bertz CT molecular complexity index is 684. The van der Waals surface area contributed by atoms with Crippen LogP contribution in [-0.2, 0) is 10.2 Å². The highest BCUT2D eigenvalue weighted by Gasteiger charge is 2.53. The fourth-order valence-electron chi connectivity index (χ4n) is 2.92. The molecule has 1 aromatic rings. The SMILES string of the molecule is O=C(O)N1CC=CC2(C1)C(=O)N(C(=O)O)c1ccccc12. The Morgan fingerprint density at radius 2 is 1.86 bits per heavy atom. The van der Waals surface area contributed by atoms with Crippen molar-refractivity contribution in [2.45, 2.75) is 5.41 Å². The molecule has 0 radical (unpaired) electrons. The fraction of sp³-hybridized carbons (Fsp3) is 0.214. The van der Waals surface area contributed by atoms with Crippen molar-refractivity contribution in [2.24, 2.45) is 0 Å². The maximum Gasteiger partial charge on any atom is 0.418 e. The molecule has 2 N–H and O–H groups in total. The van der Waals surface area contributed by atoms with Crippen LogP contribution in [0.1, 0.15) is 5.56 Å². The standard InChI is InChI=1S/C14H12N2O5/c17-11-14(6-3-7-15(8-14)12(18)19)9-4-1-2-5-10(9)16(11)13(20)21/h1-6H,7-8H2,(H,18,19)(H,20,21). The van der Waals surface area contributed by atoms with Crippen molar-refractivity contribution in [3.8, 4) is 0 Å². The summed E-state index contributed by atoms with van der Waals surface area (Å²) in [6.07, 6.45) is 0.678. The smallest absolute Gasteiger partial charge is 0.418 e. The van der Waals surface area contributed by atoms with Gasteiger partial charge in [-0.15, -0.1) is 0 Å². The van der Waals surface area contributed by atoms with E-state index in [9.17, 15) is 19.5 Å². The third-order valence-electron chi connectivity index (χ3n) is 3.84. The maximum absolute atomic E-state index is 12.6. The van der Waals surface area contributed by atoms with Gasteiger partial charge in [0.25, 0.3) is 5.91 Å². The van der Waals surface area contributed by atoms with Gasteiger partial charge < -0.3 is 15.1 Å². The van der Waals surface area contributed by atoms with E-state index in [1.165, 1.54) is 0 Å². The van der Waals surface area contributed by atoms with Gasteiger partial charge in [0.1, 0.15) is 5.41 Å². The zero-order chi connectivity index (χ0) is 15.2. The zero-order valence-electron chi connectivity index (χ0n) is 10.9. The first-order chi connectivity index (χ1) is 9.97. The lowest BCUT2D eigenvalue weighted by Crippen LogP contribution is -2.51. The molecule has 7 heteroatoms. The van der Waals surface area contributed by atoms with Crippen LogP contribution in [0.5, 0.6) is 0 Å². The quantitative estimate of drug-likeness (QED) is 0.705. The number of anilines is 1. The van der Waals surface area contributed by atoms with E-state index in [2.05, 4.69) is 0 Å². The van der Waals surface area contributed by atoms with E-state index in [0.29, 0.717) is 10.5 Å². The number of rotatable bonds is 0. The Kier molecular flexibility index (Phi) is 2.72. The Labute approximate surface area is 119 Å². The van der Waals surface area contributed by atoms with Crippen molar-refractivity contribution >= 4 is 23.8 Å². The number of hydrogen-bond acceptors (Lipinski definition) is 3. The summed E-state index contributed by atoms with van der Waals surface area (Å²) in [5, 5.41) is 18.4. The van der Waals surface area contributed by atoms with Gasteiger partial charge in [0, 0.05) is 13.1 Å². The molecule has 0 saturated carbocycles. The van der Waals surface area contributed by atoms with Crippen molar-refractivity contribution < 1.29 is 24.6 Å². The highest BCUT2D eigenvalue weighted by molar-refractivity contribution is 6.21. The maximum atomic E-state index is 12.6. The summed E-state index contributed by atoms with van der Waals surface area (Å²) in [6, 6.07) is 6.55. The van der Waals surface area contributed by atoms with Crippen molar-refractivity contribution in [3.05, 3.63) is 42.0 Å². The Morgan fingerprint density at radius 3 is 2.52 bits per heavy atom. The molecule has 2 heterocycles. The zero-order valence-corrected chi connectivity index (χ0v) is 10.9. The van der Waals surface area contributed by atoms with Gasteiger partial charge >= 0.3 is 12.2 Å². The monoisotopic (exact) mass is 288 g/mol. The lowest BCUT2D eigenvalue weighted by atomic mass is 9.79. The van der Waals surface area contributed by atoms with Gasteiger partial charge in [0.05, 0.1) is 5.69 Å². The molecular weight excluding hydrogens is 276 g/mol. The average molecular weight is 288 g/mol. The predicted molar refractivity (Wildman–Crippen MR) is 72.4 cm³/mol. The van der Waals surface area contributed by atoms with Crippen LogP contribution in [0.15, 0.2) is 36.4 Å². The summed E-state index contributed by atoms with van der Waals surface area (Å²) in [6.45, 7) is 0.0953. The van der Waals surface area contributed by atoms with Gasteiger partial charge in [-0.2, -0.15) is 0 Å². The predicted octanol–water partition coefficient (Wildman–Crippen LogP) is 1.50. The van der Waals surface area contributed by atoms with Crippen LogP contribution in [0.3, 0.4) is 0 Å². The molecule has 3 amide bonds. The van der Waals surface area contributed by atoms with E-state index >= 15 is 0 Å². The number of para-hydroxylation sites is 1.